The van der Waals surface area contributed by atoms with Crippen LogP contribution in [0.2, 0.25) is 5.02 Å². The number of aryl methyl sites for hydroxylation is 3. The first-order valence-electron chi connectivity index (χ1n) is 6.33. The van der Waals surface area contributed by atoms with Crippen molar-refractivity contribution in [3.8, 4) is 0 Å². The highest BCUT2D eigenvalue weighted by Gasteiger charge is 2.17. The zero-order valence-corrected chi connectivity index (χ0v) is 12.2. The van der Waals surface area contributed by atoms with E-state index in [2.05, 4.69) is 5.10 Å². The van der Waals surface area contributed by atoms with Crippen LogP contribution < -0.4 is 0 Å². The molecule has 0 aliphatic rings. The van der Waals surface area contributed by atoms with Crippen molar-refractivity contribution in [3.05, 3.63) is 51.8 Å². The standard InChI is InChI=1S/C15H17ClN2O/c1-4-12-15(16)13(18(3)17-12)9-14(19)11-7-5-6-10(2)8-11/h5-8H,4,9H2,1-3H3. The quantitative estimate of drug-likeness (QED) is 0.803. The topological polar surface area (TPSA) is 34.9 Å². The molecule has 1 aromatic heterocycles. The van der Waals surface area contributed by atoms with Crippen molar-refractivity contribution in [2.24, 2.45) is 7.05 Å². The molecule has 0 unspecified atom stereocenters. The zero-order valence-electron chi connectivity index (χ0n) is 11.4. The highest BCUT2D eigenvalue weighted by molar-refractivity contribution is 6.32. The van der Waals surface area contributed by atoms with Crippen molar-refractivity contribution in [2.75, 3.05) is 0 Å². The fourth-order valence-electron chi connectivity index (χ4n) is 2.08. The van der Waals surface area contributed by atoms with Crippen LogP contribution in [0.4, 0.5) is 0 Å². The summed E-state index contributed by atoms with van der Waals surface area (Å²) >= 11 is 6.26. The van der Waals surface area contributed by atoms with Gasteiger partial charge in [-0.1, -0.05) is 42.3 Å². The van der Waals surface area contributed by atoms with Gasteiger partial charge < -0.3 is 0 Å². The highest BCUT2D eigenvalue weighted by Crippen LogP contribution is 2.22. The molecule has 3 nitrogen and oxygen atoms in total. The highest BCUT2D eigenvalue weighted by atomic mass is 35.5. The molecule has 0 saturated heterocycles. The molecule has 2 rings (SSSR count). The molecule has 0 spiro atoms. The van der Waals surface area contributed by atoms with Crippen LogP contribution >= 0.6 is 11.6 Å². The van der Waals surface area contributed by atoms with Gasteiger partial charge in [-0.05, 0) is 19.4 Å². The van der Waals surface area contributed by atoms with Crippen molar-refractivity contribution in [1.29, 1.82) is 0 Å². The Morgan fingerprint density at radius 2 is 2.16 bits per heavy atom. The molecule has 0 N–H and O–H groups in total. The molecule has 1 heterocycles. The molecule has 0 fully saturated rings. The molecule has 2 aromatic rings. The fourth-order valence-corrected chi connectivity index (χ4v) is 2.45. The Labute approximate surface area is 118 Å². The minimum Gasteiger partial charge on any atom is -0.294 e. The van der Waals surface area contributed by atoms with Gasteiger partial charge in [-0.2, -0.15) is 5.10 Å². The second-order valence-electron chi connectivity index (χ2n) is 4.65. The summed E-state index contributed by atoms with van der Waals surface area (Å²) < 4.78 is 1.70. The first-order valence-corrected chi connectivity index (χ1v) is 6.70. The van der Waals surface area contributed by atoms with E-state index in [0.29, 0.717) is 5.02 Å². The van der Waals surface area contributed by atoms with E-state index in [0.717, 1.165) is 28.9 Å². The summed E-state index contributed by atoms with van der Waals surface area (Å²) in [5.41, 5.74) is 3.42. The molecule has 0 radical (unpaired) electrons. The lowest BCUT2D eigenvalue weighted by molar-refractivity contribution is 0.0990. The third-order valence-corrected chi connectivity index (χ3v) is 3.61. The number of hydrogen-bond donors (Lipinski definition) is 0. The van der Waals surface area contributed by atoms with Gasteiger partial charge in [0.1, 0.15) is 0 Å². The molecule has 4 heteroatoms. The molecule has 0 aliphatic heterocycles. The summed E-state index contributed by atoms with van der Waals surface area (Å²) in [6, 6.07) is 7.60. The van der Waals surface area contributed by atoms with Gasteiger partial charge in [0.15, 0.2) is 5.78 Å². The van der Waals surface area contributed by atoms with Crippen LogP contribution in [0.15, 0.2) is 24.3 Å². The van der Waals surface area contributed by atoms with Gasteiger partial charge in [-0.3, -0.25) is 9.48 Å². The molecule has 0 amide bonds. The smallest absolute Gasteiger partial charge is 0.168 e. The maximum atomic E-state index is 12.3. The lowest BCUT2D eigenvalue weighted by Crippen LogP contribution is -2.08. The summed E-state index contributed by atoms with van der Waals surface area (Å²) in [5, 5.41) is 4.94. The number of hydrogen-bond acceptors (Lipinski definition) is 2. The van der Waals surface area contributed by atoms with Gasteiger partial charge in [-0.15, -0.1) is 0 Å². The average Bonchev–Trinajstić information content (AvgIpc) is 2.66. The maximum Gasteiger partial charge on any atom is 0.168 e. The van der Waals surface area contributed by atoms with Crippen LogP contribution in [-0.4, -0.2) is 15.6 Å². The van der Waals surface area contributed by atoms with Gasteiger partial charge >= 0.3 is 0 Å². The fraction of sp³-hybridized carbons (Fsp3) is 0.333. The van der Waals surface area contributed by atoms with Gasteiger partial charge in [0, 0.05) is 12.6 Å². The summed E-state index contributed by atoms with van der Waals surface area (Å²) in [6.45, 7) is 3.98. The average molecular weight is 277 g/mol. The first kappa shape index (κ1) is 13.8. The molecule has 0 aliphatic carbocycles. The Morgan fingerprint density at radius 3 is 2.74 bits per heavy atom. The van der Waals surface area contributed by atoms with Crippen LogP contribution in [0.5, 0.6) is 0 Å². The Morgan fingerprint density at radius 1 is 1.42 bits per heavy atom. The lowest BCUT2D eigenvalue weighted by atomic mass is 10.0. The van der Waals surface area contributed by atoms with E-state index in [1.54, 1.807) is 4.68 Å². The Bertz CT molecular complexity index is 617. The van der Waals surface area contributed by atoms with Gasteiger partial charge in [-0.25, -0.2) is 0 Å². The first-order chi connectivity index (χ1) is 9.02. The number of rotatable bonds is 4. The van der Waals surface area contributed by atoms with E-state index in [1.165, 1.54) is 0 Å². The number of nitrogens with zero attached hydrogens (tertiary/aromatic N) is 2. The van der Waals surface area contributed by atoms with E-state index in [9.17, 15) is 4.79 Å². The number of carbonyl (C=O) groups excluding carboxylic acids is 1. The monoisotopic (exact) mass is 276 g/mol. The van der Waals surface area contributed by atoms with E-state index >= 15 is 0 Å². The van der Waals surface area contributed by atoms with E-state index in [4.69, 9.17) is 11.6 Å². The zero-order chi connectivity index (χ0) is 14.0. The number of Topliss-reactive ketones (excluding diaryl/α,β-unsaturated/α-hetero) is 1. The van der Waals surface area contributed by atoms with E-state index in [1.807, 2.05) is 45.2 Å². The largest absolute Gasteiger partial charge is 0.294 e. The molecule has 100 valence electrons. The van der Waals surface area contributed by atoms with Crippen molar-refractivity contribution in [1.82, 2.24) is 9.78 Å². The van der Waals surface area contributed by atoms with E-state index in [-0.39, 0.29) is 12.2 Å². The number of carbonyl (C=O) groups is 1. The van der Waals surface area contributed by atoms with Crippen LogP contribution in [-0.2, 0) is 19.9 Å². The molecule has 1 aromatic carbocycles. The summed E-state index contributed by atoms with van der Waals surface area (Å²) in [4.78, 5) is 12.3. The number of aromatic nitrogens is 2. The SMILES string of the molecule is CCc1nn(C)c(CC(=O)c2cccc(C)c2)c1Cl. The van der Waals surface area contributed by atoms with Crippen LogP contribution in [0, 0.1) is 6.92 Å². The number of ketones is 1. The van der Waals surface area contributed by atoms with Crippen LogP contribution in [0.3, 0.4) is 0 Å². The third-order valence-electron chi connectivity index (χ3n) is 3.17. The Kier molecular flexibility index (Phi) is 4.05. The minimum atomic E-state index is 0.0660. The predicted molar refractivity (Wildman–Crippen MR) is 76.8 cm³/mol. The molecule has 0 saturated carbocycles. The van der Waals surface area contributed by atoms with Crippen molar-refractivity contribution < 1.29 is 4.79 Å². The minimum absolute atomic E-state index is 0.0660. The second-order valence-corrected chi connectivity index (χ2v) is 5.03. The number of benzene rings is 1. The summed E-state index contributed by atoms with van der Waals surface area (Å²) in [7, 11) is 1.82. The molecule has 0 atom stereocenters. The Balaban J connectivity index is 2.27. The summed E-state index contributed by atoms with van der Waals surface area (Å²) in [5.74, 6) is 0.0660. The third kappa shape index (κ3) is 2.87. The van der Waals surface area contributed by atoms with Gasteiger partial charge in [0.05, 0.1) is 22.8 Å². The predicted octanol–water partition coefficient (Wildman–Crippen LogP) is 3.37. The molecular weight excluding hydrogens is 260 g/mol. The van der Waals surface area contributed by atoms with Gasteiger partial charge in [0.25, 0.3) is 0 Å². The second kappa shape index (κ2) is 5.57. The van der Waals surface area contributed by atoms with Gasteiger partial charge in [0.2, 0.25) is 0 Å². The van der Waals surface area contributed by atoms with Crippen molar-refractivity contribution in [2.45, 2.75) is 26.7 Å². The number of halogens is 1. The normalized spacial score (nSPS) is 10.7. The van der Waals surface area contributed by atoms with Crippen LogP contribution in [0.25, 0.3) is 0 Å². The summed E-state index contributed by atoms with van der Waals surface area (Å²) in [6.07, 6.45) is 1.05. The van der Waals surface area contributed by atoms with E-state index < -0.39 is 0 Å². The molecule has 0 bridgehead atoms. The van der Waals surface area contributed by atoms with Crippen LogP contribution in [0.1, 0.15) is 34.2 Å². The molecule has 19 heavy (non-hydrogen) atoms. The maximum absolute atomic E-state index is 12.3. The molecular formula is C15H17ClN2O. The lowest BCUT2D eigenvalue weighted by Gasteiger charge is -2.03. The van der Waals surface area contributed by atoms with Crippen molar-refractivity contribution >= 4 is 17.4 Å². The van der Waals surface area contributed by atoms with Crippen molar-refractivity contribution in [3.63, 3.8) is 0 Å². The Hall–Kier alpha value is -1.61.